The molecule has 1 heterocycles. The zero-order chi connectivity index (χ0) is 14.1. The summed E-state index contributed by atoms with van der Waals surface area (Å²) in [6, 6.07) is 4.36. The van der Waals surface area contributed by atoms with E-state index in [-0.39, 0.29) is 6.61 Å². The third-order valence-corrected chi connectivity index (χ3v) is 2.51. The summed E-state index contributed by atoms with van der Waals surface area (Å²) in [6.07, 6.45) is 2.85. The second kappa shape index (κ2) is 8.07. The van der Waals surface area contributed by atoms with Crippen LogP contribution in [0, 0.1) is 0 Å². The topological polar surface area (TPSA) is 88.5 Å². The summed E-state index contributed by atoms with van der Waals surface area (Å²) in [4.78, 5) is 26.4. The highest BCUT2D eigenvalue weighted by molar-refractivity contribution is 5.79. The number of alkyl carbamates (subject to hydrolysis) is 1. The van der Waals surface area contributed by atoms with Gasteiger partial charge in [0.2, 0.25) is 0 Å². The normalized spacial score (nSPS) is 11.6. The first-order chi connectivity index (χ1) is 9.13. The summed E-state index contributed by atoms with van der Waals surface area (Å²) in [6.45, 7) is 1.98. The van der Waals surface area contributed by atoms with Crippen molar-refractivity contribution in [3.63, 3.8) is 0 Å². The third kappa shape index (κ3) is 5.85. The van der Waals surface area contributed by atoms with Gasteiger partial charge < -0.3 is 15.2 Å². The molecule has 0 bridgehead atoms. The van der Waals surface area contributed by atoms with E-state index in [4.69, 9.17) is 9.84 Å². The van der Waals surface area contributed by atoms with E-state index in [0.29, 0.717) is 12.1 Å². The fraction of sp³-hybridized carbons (Fsp3) is 0.462. The van der Waals surface area contributed by atoms with Crippen LogP contribution in [-0.2, 0) is 16.1 Å². The van der Waals surface area contributed by atoms with Crippen molar-refractivity contribution in [2.24, 2.45) is 0 Å². The molecule has 19 heavy (non-hydrogen) atoms. The molecule has 104 valence electrons. The lowest BCUT2D eigenvalue weighted by Crippen LogP contribution is -2.40. The number of unbranched alkanes of at least 4 members (excludes halogenated alkanes) is 1. The zero-order valence-electron chi connectivity index (χ0n) is 10.8. The molecule has 1 aromatic heterocycles. The average molecular weight is 266 g/mol. The van der Waals surface area contributed by atoms with Crippen LogP contribution >= 0.6 is 0 Å². The number of nitrogens with one attached hydrogen (secondary N) is 1. The van der Waals surface area contributed by atoms with Crippen LogP contribution in [-0.4, -0.2) is 28.2 Å². The Bertz CT molecular complexity index is 408. The Morgan fingerprint density at radius 3 is 2.84 bits per heavy atom. The monoisotopic (exact) mass is 266 g/mol. The predicted molar refractivity (Wildman–Crippen MR) is 68.5 cm³/mol. The van der Waals surface area contributed by atoms with Crippen LogP contribution in [0.25, 0.3) is 0 Å². The van der Waals surface area contributed by atoms with Crippen molar-refractivity contribution in [1.82, 2.24) is 10.3 Å². The molecule has 2 N–H and O–H groups in total. The van der Waals surface area contributed by atoms with Crippen molar-refractivity contribution >= 4 is 12.1 Å². The number of carboxylic acids is 1. The molecule has 0 unspecified atom stereocenters. The maximum atomic E-state index is 11.5. The molecule has 1 aromatic rings. The number of hydrogen-bond donors (Lipinski definition) is 2. The highest BCUT2D eigenvalue weighted by atomic mass is 16.5. The van der Waals surface area contributed by atoms with E-state index < -0.39 is 18.1 Å². The molecule has 0 spiro atoms. The average Bonchev–Trinajstić information content (AvgIpc) is 2.42. The van der Waals surface area contributed by atoms with Gasteiger partial charge in [-0.05, 0) is 18.6 Å². The minimum atomic E-state index is -1.05. The number of amides is 1. The molecule has 1 atom stereocenters. The molecule has 6 nitrogen and oxygen atoms in total. The maximum absolute atomic E-state index is 11.5. The molecule has 0 saturated carbocycles. The lowest BCUT2D eigenvalue weighted by molar-refractivity contribution is -0.139. The van der Waals surface area contributed by atoms with Crippen LogP contribution in [0.3, 0.4) is 0 Å². The molecule has 0 aromatic carbocycles. The summed E-state index contributed by atoms with van der Waals surface area (Å²) in [5.74, 6) is -1.05. The molecule has 0 aliphatic carbocycles. The smallest absolute Gasteiger partial charge is 0.408 e. The SMILES string of the molecule is CCCC[C@H](NC(=O)OCc1ccccn1)C(=O)O. The van der Waals surface area contributed by atoms with Gasteiger partial charge in [-0.15, -0.1) is 0 Å². The Morgan fingerprint density at radius 2 is 2.26 bits per heavy atom. The van der Waals surface area contributed by atoms with Crippen molar-refractivity contribution in [2.75, 3.05) is 0 Å². The molecule has 0 fully saturated rings. The number of rotatable bonds is 7. The van der Waals surface area contributed by atoms with Crippen molar-refractivity contribution in [1.29, 1.82) is 0 Å². The number of aliphatic carboxylic acids is 1. The molecule has 0 radical (unpaired) electrons. The summed E-state index contributed by atoms with van der Waals surface area (Å²) in [7, 11) is 0. The van der Waals surface area contributed by atoms with E-state index in [2.05, 4.69) is 10.3 Å². The number of carboxylic acid groups (broad SMARTS) is 1. The molecule has 0 aliphatic heterocycles. The van der Waals surface area contributed by atoms with E-state index in [1.54, 1.807) is 24.4 Å². The second-order valence-electron chi connectivity index (χ2n) is 4.07. The Balaban J connectivity index is 2.38. The largest absolute Gasteiger partial charge is 0.480 e. The first-order valence-electron chi connectivity index (χ1n) is 6.19. The number of pyridine rings is 1. The van der Waals surface area contributed by atoms with E-state index in [1.807, 2.05) is 6.92 Å². The van der Waals surface area contributed by atoms with Gasteiger partial charge in [0.1, 0.15) is 12.6 Å². The van der Waals surface area contributed by atoms with Gasteiger partial charge in [-0.2, -0.15) is 0 Å². The molecule has 0 aliphatic rings. The predicted octanol–water partition coefficient (Wildman–Crippen LogP) is 1.95. The molecule has 0 saturated heterocycles. The molecule has 1 amide bonds. The quantitative estimate of drug-likeness (QED) is 0.787. The molecular formula is C13H18N2O4. The van der Waals surface area contributed by atoms with Crippen LogP contribution in [0.15, 0.2) is 24.4 Å². The van der Waals surface area contributed by atoms with E-state index in [1.165, 1.54) is 0 Å². The number of ether oxygens (including phenoxy) is 1. The van der Waals surface area contributed by atoms with Gasteiger partial charge in [-0.1, -0.05) is 25.8 Å². The minimum absolute atomic E-state index is 0.0206. The van der Waals surface area contributed by atoms with Crippen LogP contribution in [0.5, 0.6) is 0 Å². The number of hydrogen-bond acceptors (Lipinski definition) is 4. The zero-order valence-corrected chi connectivity index (χ0v) is 10.8. The van der Waals surface area contributed by atoms with Crippen molar-refractivity contribution < 1.29 is 19.4 Å². The van der Waals surface area contributed by atoms with Crippen LogP contribution in [0.2, 0.25) is 0 Å². The number of nitrogens with zero attached hydrogens (tertiary/aromatic N) is 1. The van der Waals surface area contributed by atoms with E-state index in [9.17, 15) is 9.59 Å². The van der Waals surface area contributed by atoms with Crippen LogP contribution < -0.4 is 5.32 Å². The lowest BCUT2D eigenvalue weighted by Gasteiger charge is -2.13. The standard InChI is InChI=1S/C13H18N2O4/c1-2-3-7-11(12(16)17)15-13(18)19-9-10-6-4-5-8-14-10/h4-6,8,11H,2-3,7,9H2,1H3,(H,15,18)(H,16,17)/t11-/m0/s1. The minimum Gasteiger partial charge on any atom is -0.480 e. The Hall–Kier alpha value is -2.11. The van der Waals surface area contributed by atoms with Crippen molar-refractivity contribution in [2.45, 2.75) is 38.8 Å². The Morgan fingerprint density at radius 1 is 1.47 bits per heavy atom. The van der Waals surface area contributed by atoms with Gasteiger partial charge in [0, 0.05) is 6.20 Å². The van der Waals surface area contributed by atoms with Crippen LogP contribution in [0.4, 0.5) is 4.79 Å². The summed E-state index contributed by atoms with van der Waals surface area (Å²) < 4.78 is 4.91. The first-order valence-corrected chi connectivity index (χ1v) is 6.19. The highest BCUT2D eigenvalue weighted by Crippen LogP contribution is 2.02. The first kappa shape index (κ1) is 14.9. The van der Waals surface area contributed by atoms with Crippen LogP contribution in [0.1, 0.15) is 31.9 Å². The Labute approximate surface area is 111 Å². The number of aromatic nitrogens is 1. The second-order valence-corrected chi connectivity index (χ2v) is 4.07. The van der Waals surface area contributed by atoms with Gasteiger partial charge in [0.25, 0.3) is 0 Å². The molecule has 1 rings (SSSR count). The van der Waals surface area contributed by atoms with Gasteiger partial charge in [0.15, 0.2) is 0 Å². The summed E-state index contributed by atoms with van der Waals surface area (Å²) >= 11 is 0. The lowest BCUT2D eigenvalue weighted by atomic mass is 10.1. The maximum Gasteiger partial charge on any atom is 0.408 e. The molecular weight excluding hydrogens is 248 g/mol. The van der Waals surface area contributed by atoms with Gasteiger partial charge in [-0.25, -0.2) is 9.59 Å². The van der Waals surface area contributed by atoms with Gasteiger partial charge in [-0.3, -0.25) is 4.98 Å². The Kier molecular flexibility index (Phi) is 6.35. The summed E-state index contributed by atoms with van der Waals surface area (Å²) in [5.41, 5.74) is 0.609. The summed E-state index contributed by atoms with van der Waals surface area (Å²) in [5, 5.41) is 11.3. The van der Waals surface area contributed by atoms with Gasteiger partial charge in [0.05, 0.1) is 5.69 Å². The third-order valence-electron chi connectivity index (χ3n) is 2.51. The van der Waals surface area contributed by atoms with E-state index in [0.717, 1.165) is 12.8 Å². The van der Waals surface area contributed by atoms with Crippen molar-refractivity contribution in [3.8, 4) is 0 Å². The van der Waals surface area contributed by atoms with Gasteiger partial charge >= 0.3 is 12.1 Å². The van der Waals surface area contributed by atoms with E-state index >= 15 is 0 Å². The number of carbonyl (C=O) groups excluding carboxylic acids is 1. The highest BCUT2D eigenvalue weighted by Gasteiger charge is 2.19. The fourth-order valence-electron chi connectivity index (χ4n) is 1.47. The molecule has 6 heteroatoms. The van der Waals surface area contributed by atoms with Crippen molar-refractivity contribution in [3.05, 3.63) is 30.1 Å². The fourth-order valence-corrected chi connectivity index (χ4v) is 1.47. The number of carbonyl (C=O) groups is 2.